The minimum atomic E-state index is -3.98. The number of Topliss-reactive ketones (excluding diaryl/α,β-unsaturated/α-hetero) is 2. The summed E-state index contributed by atoms with van der Waals surface area (Å²) in [4.78, 5) is 26.2. The van der Waals surface area contributed by atoms with Crippen molar-refractivity contribution in [1.82, 2.24) is 25.6 Å². The van der Waals surface area contributed by atoms with Gasteiger partial charge < -0.3 is 4.98 Å². The number of nitrogens with one attached hydrogen (secondary N) is 2. The summed E-state index contributed by atoms with van der Waals surface area (Å²) in [5, 5.41) is 12.1. The van der Waals surface area contributed by atoms with Crippen LogP contribution in [0.3, 0.4) is 0 Å². The smallest absolute Gasteiger partial charge is 0.269 e. The van der Waals surface area contributed by atoms with Crippen molar-refractivity contribution < 1.29 is 22.4 Å². The molecule has 2 N–H and O–H groups in total. The first kappa shape index (κ1) is 16.6. The van der Waals surface area contributed by atoms with Crippen molar-refractivity contribution in [3.8, 4) is 0 Å². The number of rotatable bonds is 6. The number of tetrazole rings is 1. The molecular formula is C14H10FN5O4S. The Bertz CT molecular complexity index is 1030. The molecule has 0 amide bonds. The van der Waals surface area contributed by atoms with Crippen LogP contribution in [0.15, 0.2) is 46.5 Å². The van der Waals surface area contributed by atoms with Gasteiger partial charge in [-0.3, -0.25) is 9.59 Å². The second-order valence-electron chi connectivity index (χ2n) is 4.97. The van der Waals surface area contributed by atoms with Crippen LogP contribution in [0.25, 0.3) is 0 Å². The highest BCUT2D eigenvalue weighted by Gasteiger charge is 2.27. The lowest BCUT2D eigenvalue weighted by Crippen LogP contribution is -2.19. The summed E-state index contributed by atoms with van der Waals surface area (Å²) < 4.78 is 38.2. The maximum atomic E-state index is 13.0. The molecule has 0 aliphatic rings. The van der Waals surface area contributed by atoms with E-state index in [-0.39, 0.29) is 15.4 Å². The Morgan fingerprint density at radius 3 is 2.48 bits per heavy atom. The lowest BCUT2D eigenvalue weighted by atomic mass is 10.1. The highest BCUT2D eigenvalue weighted by atomic mass is 32.2. The van der Waals surface area contributed by atoms with Gasteiger partial charge in [0.15, 0.2) is 0 Å². The molecule has 9 nitrogen and oxygen atoms in total. The number of carbonyl (C=O) groups is 2. The van der Waals surface area contributed by atoms with Gasteiger partial charge >= 0.3 is 0 Å². The van der Waals surface area contributed by atoms with Crippen LogP contribution < -0.4 is 0 Å². The number of nitrogens with zero attached hydrogens (tertiary/aromatic N) is 3. The molecule has 3 rings (SSSR count). The zero-order chi connectivity index (χ0) is 18.0. The van der Waals surface area contributed by atoms with E-state index in [4.69, 9.17) is 0 Å². The molecule has 2 heterocycles. The highest BCUT2D eigenvalue weighted by molar-refractivity contribution is 7.91. The van der Waals surface area contributed by atoms with E-state index in [2.05, 4.69) is 25.6 Å². The van der Waals surface area contributed by atoms with Crippen LogP contribution in [-0.4, -0.2) is 45.6 Å². The molecule has 0 unspecified atom stereocenters. The average molecular weight is 363 g/mol. The van der Waals surface area contributed by atoms with E-state index in [1.165, 1.54) is 12.4 Å². The molecule has 0 radical (unpaired) electrons. The van der Waals surface area contributed by atoms with Gasteiger partial charge in [-0.15, -0.1) is 10.2 Å². The van der Waals surface area contributed by atoms with E-state index in [1.807, 2.05) is 0 Å². The number of aromatic nitrogens is 5. The minimum Gasteiger partial charge on any atom is -0.366 e. The topological polar surface area (TPSA) is 139 Å². The molecule has 0 aliphatic carbocycles. The molecule has 0 fully saturated rings. The van der Waals surface area contributed by atoms with E-state index in [9.17, 15) is 22.4 Å². The van der Waals surface area contributed by atoms with E-state index < -0.39 is 39.5 Å². The quantitative estimate of drug-likeness (QED) is 0.369. The molecule has 3 aromatic rings. The van der Waals surface area contributed by atoms with E-state index in [1.54, 1.807) is 0 Å². The van der Waals surface area contributed by atoms with Gasteiger partial charge in [-0.25, -0.2) is 12.8 Å². The number of sulfone groups is 1. The number of benzene rings is 1. The fraction of sp³-hybridized carbons (Fsp3) is 0.0714. The summed E-state index contributed by atoms with van der Waals surface area (Å²) in [6.45, 7) is 0. The first-order valence-corrected chi connectivity index (χ1v) is 8.35. The van der Waals surface area contributed by atoms with E-state index in [0.29, 0.717) is 0 Å². The third kappa shape index (κ3) is 3.21. The maximum Gasteiger partial charge on any atom is 0.269 e. The third-order valence-electron chi connectivity index (χ3n) is 3.35. The fourth-order valence-corrected chi connectivity index (χ4v) is 3.59. The maximum absolute atomic E-state index is 13.0. The van der Waals surface area contributed by atoms with Gasteiger partial charge in [0.05, 0.1) is 9.79 Å². The van der Waals surface area contributed by atoms with Gasteiger partial charge in [-0.1, -0.05) is 0 Å². The van der Waals surface area contributed by atoms with Gasteiger partial charge in [0.1, 0.15) is 5.82 Å². The Balaban J connectivity index is 1.89. The predicted molar refractivity (Wildman–Crippen MR) is 79.9 cm³/mol. The monoisotopic (exact) mass is 363 g/mol. The molecular weight excluding hydrogens is 353 g/mol. The number of halogens is 1. The zero-order valence-corrected chi connectivity index (χ0v) is 13.2. The van der Waals surface area contributed by atoms with Gasteiger partial charge in [-0.05, 0) is 35.0 Å². The van der Waals surface area contributed by atoms with Crippen molar-refractivity contribution in [3.63, 3.8) is 0 Å². The van der Waals surface area contributed by atoms with Gasteiger partial charge in [0.25, 0.3) is 5.78 Å². The number of aromatic amines is 2. The lowest BCUT2D eigenvalue weighted by molar-refractivity contribution is -0.114. The van der Waals surface area contributed by atoms with Crippen LogP contribution in [0.5, 0.6) is 0 Å². The van der Waals surface area contributed by atoms with Crippen molar-refractivity contribution in [3.05, 3.63) is 53.9 Å². The van der Waals surface area contributed by atoms with Gasteiger partial charge in [-0.2, -0.15) is 5.21 Å². The van der Waals surface area contributed by atoms with E-state index >= 15 is 0 Å². The second-order valence-corrected chi connectivity index (χ2v) is 6.88. The normalized spacial score (nSPS) is 11.4. The van der Waals surface area contributed by atoms with Crippen molar-refractivity contribution >= 4 is 21.4 Å². The summed E-state index contributed by atoms with van der Waals surface area (Å²) in [5.74, 6) is -2.85. The molecule has 11 heteroatoms. The van der Waals surface area contributed by atoms with Crippen molar-refractivity contribution in [2.75, 3.05) is 0 Å². The molecule has 0 bridgehead atoms. The summed E-state index contributed by atoms with van der Waals surface area (Å²) in [7, 11) is -3.98. The highest BCUT2D eigenvalue weighted by Crippen LogP contribution is 2.24. The van der Waals surface area contributed by atoms with Crippen molar-refractivity contribution in [2.24, 2.45) is 0 Å². The molecule has 2 aromatic heterocycles. The molecule has 0 spiro atoms. The number of H-pyrrole nitrogens is 2. The van der Waals surface area contributed by atoms with E-state index in [0.717, 1.165) is 24.3 Å². The summed E-state index contributed by atoms with van der Waals surface area (Å²) in [5.41, 5.74) is 0.103. The SMILES string of the molecule is O=C(Cc1c[nH]cc1S(=O)(=O)c1ccc(F)cc1)C(=O)c1nn[nH]n1. The summed E-state index contributed by atoms with van der Waals surface area (Å²) >= 11 is 0. The van der Waals surface area contributed by atoms with Gasteiger partial charge in [0, 0.05) is 18.8 Å². The number of carbonyl (C=O) groups excluding carboxylic acids is 2. The van der Waals surface area contributed by atoms with Crippen LogP contribution >= 0.6 is 0 Å². The molecule has 0 saturated heterocycles. The van der Waals surface area contributed by atoms with Crippen LogP contribution in [0, 0.1) is 5.82 Å². The molecule has 25 heavy (non-hydrogen) atoms. The van der Waals surface area contributed by atoms with Crippen LogP contribution in [-0.2, 0) is 21.1 Å². The second kappa shape index (κ2) is 6.36. The first-order valence-electron chi connectivity index (χ1n) is 6.87. The Kier molecular flexibility index (Phi) is 4.23. The molecule has 128 valence electrons. The third-order valence-corrected chi connectivity index (χ3v) is 5.21. The van der Waals surface area contributed by atoms with Crippen molar-refractivity contribution in [1.29, 1.82) is 0 Å². The van der Waals surface area contributed by atoms with Crippen LogP contribution in [0.2, 0.25) is 0 Å². The van der Waals surface area contributed by atoms with Crippen molar-refractivity contribution in [2.45, 2.75) is 16.2 Å². The molecule has 0 aliphatic heterocycles. The molecule has 1 aromatic carbocycles. The minimum absolute atomic E-state index is 0.103. The summed E-state index contributed by atoms with van der Waals surface area (Å²) in [6, 6.07) is 4.27. The van der Waals surface area contributed by atoms with Crippen LogP contribution in [0.4, 0.5) is 4.39 Å². The Morgan fingerprint density at radius 2 is 1.84 bits per heavy atom. The zero-order valence-electron chi connectivity index (χ0n) is 12.4. The predicted octanol–water partition coefficient (Wildman–Crippen LogP) is 0.494. The molecule has 0 saturated carbocycles. The standard InChI is InChI=1S/C14H10FN5O4S/c15-9-1-3-10(4-2-9)25(23,24)12-7-16-6-8(12)5-11(21)13(22)14-17-19-20-18-14/h1-4,6-7,16H,5H2,(H,17,18,19,20). The number of hydrogen-bond acceptors (Lipinski definition) is 7. The van der Waals surface area contributed by atoms with Gasteiger partial charge in [0.2, 0.25) is 21.4 Å². The Morgan fingerprint density at radius 1 is 1.12 bits per heavy atom. The molecule has 0 atom stereocenters. The van der Waals surface area contributed by atoms with Crippen LogP contribution in [0.1, 0.15) is 16.2 Å². The Hall–Kier alpha value is -3.21. The Labute approximate surface area is 140 Å². The fourth-order valence-electron chi connectivity index (χ4n) is 2.15. The lowest BCUT2D eigenvalue weighted by Gasteiger charge is -2.05. The first-order chi connectivity index (χ1) is 11.9. The number of hydrogen-bond donors (Lipinski definition) is 2. The largest absolute Gasteiger partial charge is 0.366 e. The number of ketones is 2. The summed E-state index contributed by atoms with van der Waals surface area (Å²) in [6.07, 6.45) is 2.03. The average Bonchev–Trinajstić information content (AvgIpc) is 3.26.